The van der Waals surface area contributed by atoms with Crippen LogP contribution in [0.15, 0.2) is 29.4 Å². The van der Waals surface area contributed by atoms with Gasteiger partial charge in [0.15, 0.2) is 5.16 Å². The van der Waals surface area contributed by atoms with Crippen molar-refractivity contribution >= 4 is 28.7 Å². The molecule has 2 aromatic heterocycles. The molecule has 2 aliphatic rings. The Morgan fingerprint density at radius 2 is 1.89 bits per heavy atom. The fraction of sp³-hybridized carbons (Fsp3) is 0.500. The van der Waals surface area contributed by atoms with Gasteiger partial charge < -0.3 is 4.90 Å². The van der Waals surface area contributed by atoms with Crippen LogP contribution < -0.4 is 4.90 Å². The van der Waals surface area contributed by atoms with E-state index < -0.39 is 6.55 Å². The summed E-state index contributed by atoms with van der Waals surface area (Å²) in [5.41, 5.74) is 1.05. The second kappa shape index (κ2) is 6.78. The minimum absolute atomic E-state index is 0.337. The van der Waals surface area contributed by atoms with Crippen LogP contribution >= 0.6 is 11.8 Å². The lowest BCUT2D eigenvalue weighted by molar-refractivity contribution is 0.0722. The number of imidazole rings is 1. The van der Waals surface area contributed by atoms with Crippen LogP contribution in [0.1, 0.15) is 44.1 Å². The number of benzene rings is 1. The van der Waals surface area contributed by atoms with Gasteiger partial charge in [-0.25, -0.2) is 4.98 Å². The third-order valence-corrected chi connectivity index (χ3v) is 6.08. The Labute approximate surface area is 159 Å². The van der Waals surface area contributed by atoms with E-state index in [4.69, 9.17) is 0 Å². The van der Waals surface area contributed by atoms with Gasteiger partial charge in [-0.2, -0.15) is 8.78 Å². The third kappa shape index (κ3) is 3.07. The number of hydrogen-bond acceptors (Lipinski definition) is 5. The Morgan fingerprint density at radius 1 is 1.11 bits per heavy atom. The summed E-state index contributed by atoms with van der Waals surface area (Å²) in [7, 11) is 0. The molecule has 0 atom stereocenters. The quantitative estimate of drug-likeness (QED) is 0.589. The highest BCUT2D eigenvalue weighted by Crippen LogP contribution is 2.42. The highest BCUT2D eigenvalue weighted by molar-refractivity contribution is 7.98. The summed E-state index contributed by atoms with van der Waals surface area (Å²) in [5, 5.41) is 9.59. The van der Waals surface area contributed by atoms with Gasteiger partial charge in [-0.05, 0) is 37.8 Å². The summed E-state index contributed by atoms with van der Waals surface area (Å²) in [6, 6.07) is 7.45. The van der Waals surface area contributed by atoms with Gasteiger partial charge in [0.05, 0.1) is 16.8 Å². The third-order valence-electron chi connectivity index (χ3n) is 5.14. The molecular weight excluding hydrogens is 370 g/mol. The van der Waals surface area contributed by atoms with Gasteiger partial charge in [-0.3, -0.25) is 9.13 Å². The number of anilines is 1. The number of para-hydroxylation sites is 2. The second-order valence-corrected chi connectivity index (χ2v) is 7.97. The normalized spacial score (nSPS) is 17.5. The Balaban J connectivity index is 1.44. The first-order valence-electron chi connectivity index (χ1n) is 9.29. The van der Waals surface area contributed by atoms with E-state index in [-0.39, 0.29) is 0 Å². The van der Waals surface area contributed by atoms with Crippen LogP contribution in [-0.2, 0) is 5.75 Å². The fourth-order valence-electron chi connectivity index (χ4n) is 3.70. The topological polar surface area (TPSA) is 51.8 Å². The molecular formula is C18H20F2N6S. The van der Waals surface area contributed by atoms with Crippen molar-refractivity contribution in [1.29, 1.82) is 0 Å². The van der Waals surface area contributed by atoms with Gasteiger partial charge in [0.25, 0.3) is 0 Å². The Bertz CT molecular complexity index is 958. The number of fused-ring (bicyclic) bond motifs is 1. The van der Waals surface area contributed by atoms with Gasteiger partial charge in [0.2, 0.25) is 5.95 Å². The molecule has 0 N–H and O–H groups in total. The molecule has 9 heteroatoms. The average Bonchev–Trinajstić information content (AvgIpc) is 3.10. The SMILES string of the molecule is FC(F)n1c(CSc2nnc(N3CCCC3)n2C2CC2)nc2ccccc21. The van der Waals surface area contributed by atoms with E-state index in [9.17, 15) is 8.78 Å². The van der Waals surface area contributed by atoms with Crippen molar-refractivity contribution in [2.45, 2.75) is 49.2 Å². The first-order chi connectivity index (χ1) is 13.2. The van der Waals surface area contributed by atoms with Crippen molar-refractivity contribution in [2.75, 3.05) is 18.0 Å². The molecule has 3 heterocycles. The van der Waals surface area contributed by atoms with E-state index in [1.165, 1.54) is 24.6 Å². The van der Waals surface area contributed by atoms with Crippen molar-refractivity contribution in [3.05, 3.63) is 30.1 Å². The summed E-state index contributed by atoms with van der Waals surface area (Å²) in [5.74, 6) is 1.63. The molecule has 0 bridgehead atoms. The first-order valence-corrected chi connectivity index (χ1v) is 10.3. The number of nitrogens with zero attached hydrogens (tertiary/aromatic N) is 6. The summed E-state index contributed by atoms with van der Waals surface area (Å²) < 4.78 is 30.4. The zero-order valence-electron chi connectivity index (χ0n) is 14.8. The molecule has 2 fully saturated rings. The van der Waals surface area contributed by atoms with Gasteiger partial charge >= 0.3 is 6.55 Å². The van der Waals surface area contributed by atoms with E-state index in [1.54, 1.807) is 18.2 Å². The number of halogens is 2. The molecule has 1 aliphatic heterocycles. The van der Waals surface area contributed by atoms with E-state index in [0.717, 1.165) is 41.6 Å². The maximum Gasteiger partial charge on any atom is 0.320 e. The van der Waals surface area contributed by atoms with Crippen LogP contribution in [0.5, 0.6) is 0 Å². The molecule has 0 spiro atoms. The summed E-state index contributed by atoms with van der Waals surface area (Å²) >= 11 is 1.44. The van der Waals surface area contributed by atoms with Gasteiger partial charge in [0.1, 0.15) is 5.82 Å². The first kappa shape index (κ1) is 17.0. The maximum absolute atomic E-state index is 13.6. The number of hydrogen-bond donors (Lipinski definition) is 0. The molecule has 0 amide bonds. The monoisotopic (exact) mass is 390 g/mol. The second-order valence-electron chi connectivity index (χ2n) is 7.03. The molecule has 0 unspecified atom stereocenters. The van der Waals surface area contributed by atoms with Crippen LogP contribution in [-0.4, -0.2) is 37.4 Å². The molecule has 6 nitrogen and oxygen atoms in total. The lowest BCUT2D eigenvalue weighted by atomic mass is 10.3. The maximum atomic E-state index is 13.6. The van der Waals surface area contributed by atoms with E-state index in [2.05, 4.69) is 24.6 Å². The molecule has 0 radical (unpaired) electrons. The average molecular weight is 390 g/mol. The van der Waals surface area contributed by atoms with Crippen molar-refractivity contribution in [2.24, 2.45) is 0 Å². The van der Waals surface area contributed by atoms with Crippen molar-refractivity contribution < 1.29 is 8.78 Å². The highest BCUT2D eigenvalue weighted by atomic mass is 32.2. The van der Waals surface area contributed by atoms with Crippen molar-refractivity contribution in [1.82, 2.24) is 24.3 Å². The van der Waals surface area contributed by atoms with Crippen LogP contribution in [0.2, 0.25) is 0 Å². The minimum Gasteiger partial charge on any atom is -0.341 e. The highest BCUT2D eigenvalue weighted by Gasteiger charge is 2.32. The molecule has 27 heavy (non-hydrogen) atoms. The fourth-order valence-corrected chi connectivity index (χ4v) is 4.63. The lowest BCUT2D eigenvalue weighted by Crippen LogP contribution is -2.22. The predicted octanol–water partition coefficient (Wildman–Crippen LogP) is 4.25. The largest absolute Gasteiger partial charge is 0.341 e. The molecule has 5 rings (SSSR count). The Kier molecular flexibility index (Phi) is 4.26. The van der Waals surface area contributed by atoms with E-state index in [0.29, 0.717) is 28.7 Å². The number of alkyl halides is 2. The van der Waals surface area contributed by atoms with Crippen LogP contribution in [0.25, 0.3) is 11.0 Å². The summed E-state index contributed by atoms with van der Waals surface area (Å²) in [6.07, 6.45) is 4.61. The zero-order chi connectivity index (χ0) is 18.4. The standard InChI is InChI=1S/C18H20F2N6S/c19-16(20)26-14-6-2-1-5-13(14)21-15(26)11-27-18-23-22-17(24-9-3-4-10-24)25(18)12-7-8-12/h1-2,5-6,12,16H,3-4,7-11H2. The van der Waals surface area contributed by atoms with Crippen molar-refractivity contribution in [3.8, 4) is 0 Å². The Hall–Kier alpha value is -2.16. The van der Waals surface area contributed by atoms with Gasteiger partial charge in [-0.15, -0.1) is 10.2 Å². The molecule has 1 saturated heterocycles. The summed E-state index contributed by atoms with van der Waals surface area (Å²) in [4.78, 5) is 6.70. The molecule has 3 aromatic rings. The summed E-state index contributed by atoms with van der Waals surface area (Å²) in [6.45, 7) is -0.595. The van der Waals surface area contributed by atoms with Crippen LogP contribution in [0.4, 0.5) is 14.7 Å². The molecule has 1 aliphatic carbocycles. The number of aromatic nitrogens is 5. The van der Waals surface area contributed by atoms with Crippen LogP contribution in [0, 0.1) is 0 Å². The number of rotatable bonds is 6. The zero-order valence-corrected chi connectivity index (χ0v) is 15.6. The van der Waals surface area contributed by atoms with Gasteiger partial charge in [-0.1, -0.05) is 23.9 Å². The minimum atomic E-state index is -2.62. The lowest BCUT2D eigenvalue weighted by Gasteiger charge is -2.18. The number of thioether (sulfide) groups is 1. The molecule has 1 saturated carbocycles. The molecule has 1 aromatic carbocycles. The van der Waals surface area contributed by atoms with E-state index >= 15 is 0 Å². The smallest absolute Gasteiger partial charge is 0.320 e. The predicted molar refractivity (Wildman–Crippen MR) is 100 cm³/mol. The van der Waals surface area contributed by atoms with Crippen molar-refractivity contribution in [3.63, 3.8) is 0 Å². The Morgan fingerprint density at radius 3 is 2.63 bits per heavy atom. The van der Waals surface area contributed by atoms with Gasteiger partial charge in [0, 0.05) is 19.1 Å². The van der Waals surface area contributed by atoms with Crippen LogP contribution in [0.3, 0.4) is 0 Å². The molecule has 142 valence electrons. The van der Waals surface area contributed by atoms with E-state index in [1.807, 2.05) is 6.07 Å².